The Kier molecular flexibility index (Phi) is 5.15. The lowest BCUT2D eigenvalue weighted by molar-refractivity contribution is -0.137. The second-order valence-electron chi connectivity index (χ2n) is 7.06. The van der Waals surface area contributed by atoms with E-state index in [9.17, 15) is 18.0 Å². The minimum Gasteiger partial charge on any atom is -0.485 e. The molecule has 3 aromatic rings. The molecule has 4 rings (SSSR count). The van der Waals surface area contributed by atoms with Crippen LogP contribution in [-0.2, 0) is 11.0 Å². The molecule has 0 spiro atoms. The van der Waals surface area contributed by atoms with Crippen molar-refractivity contribution in [3.05, 3.63) is 67.0 Å². The molecule has 1 aliphatic rings. The number of aromatic nitrogens is 2. The molecule has 2 aromatic heterocycles. The van der Waals surface area contributed by atoms with Crippen molar-refractivity contribution in [2.24, 2.45) is 5.92 Å². The molecule has 0 saturated carbocycles. The number of carbonyl (C=O) groups is 1. The van der Waals surface area contributed by atoms with Crippen LogP contribution < -0.4 is 10.1 Å². The zero-order valence-electron chi connectivity index (χ0n) is 15.8. The van der Waals surface area contributed by atoms with Gasteiger partial charge in [-0.05, 0) is 36.4 Å². The lowest BCUT2D eigenvalue weighted by atomic mass is 10.0. The van der Waals surface area contributed by atoms with Crippen molar-refractivity contribution >= 4 is 16.8 Å². The second kappa shape index (κ2) is 7.78. The Morgan fingerprint density at radius 1 is 1.23 bits per heavy atom. The van der Waals surface area contributed by atoms with Crippen LogP contribution in [0.2, 0.25) is 0 Å². The highest BCUT2D eigenvalue weighted by atomic mass is 19.4. The molecule has 0 aliphatic carbocycles. The first-order valence-electron chi connectivity index (χ1n) is 9.33. The first-order valence-corrected chi connectivity index (χ1v) is 9.33. The molecule has 3 heterocycles. The van der Waals surface area contributed by atoms with Crippen LogP contribution in [0.1, 0.15) is 12.0 Å². The number of rotatable bonds is 5. The molecule has 1 aliphatic heterocycles. The normalized spacial score (nSPS) is 17.6. The van der Waals surface area contributed by atoms with Gasteiger partial charge in [-0.1, -0.05) is 12.7 Å². The Hall–Kier alpha value is -3.42. The van der Waals surface area contributed by atoms with E-state index in [-0.39, 0.29) is 11.8 Å². The maximum absolute atomic E-state index is 12.8. The summed E-state index contributed by atoms with van der Waals surface area (Å²) in [6, 6.07) is 9.41. The van der Waals surface area contributed by atoms with Gasteiger partial charge in [0.2, 0.25) is 5.91 Å². The Balaban J connectivity index is 1.72. The highest BCUT2D eigenvalue weighted by molar-refractivity contribution is 5.89. The molecule has 5 nitrogen and oxygen atoms in total. The summed E-state index contributed by atoms with van der Waals surface area (Å²) < 4.78 is 44.7. The number of hydrogen-bond donors (Lipinski definition) is 1. The third-order valence-corrected chi connectivity index (χ3v) is 5.04. The number of benzene rings is 1. The third kappa shape index (κ3) is 3.98. The molecule has 1 amide bonds. The summed E-state index contributed by atoms with van der Waals surface area (Å²) in [4.78, 5) is 19.9. The average Bonchev–Trinajstić information content (AvgIpc) is 3.17. The van der Waals surface area contributed by atoms with Gasteiger partial charge in [-0.2, -0.15) is 13.2 Å². The van der Waals surface area contributed by atoms with Crippen LogP contribution in [0.4, 0.5) is 13.2 Å². The summed E-state index contributed by atoms with van der Waals surface area (Å²) >= 11 is 0. The maximum Gasteiger partial charge on any atom is 0.417 e. The maximum atomic E-state index is 12.8. The number of amides is 1. The van der Waals surface area contributed by atoms with Gasteiger partial charge in [-0.3, -0.25) is 14.8 Å². The number of pyridine rings is 2. The number of carbonyl (C=O) groups excluding carboxylic acids is 1. The smallest absolute Gasteiger partial charge is 0.417 e. The molecular formula is C22H18F3N3O2. The summed E-state index contributed by atoms with van der Waals surface area (Å²) in [5.41, 5.74) is 0.753. The number of nitrogens with zero attached hydrogens (tertiary/aromatic N) is 2. The number of ether oxygens (including phenoxy) is 1. The van der Waals surface area contributed by atoms with Crippen LogP contribution in [-0.4, -0.2) is 28.5 Å². The predicted octanol–water partition coefficient (Wildman–Crippen LogP) is 4.39. The van der Waals surface area contributed by atoms with Crippen molar-refractivity contribution in [1.29, 1.82) is 0 Å². The van der Waals surface area contributed by atoms with Crippen LogP contribution >= 0.6 is 0 Å². The molecule has 1 aromatic carbocycles. The van der Waals surface area contributed by atoms with E-state index in [0.717, 1.165) is 17.6 Å². The Bertz CT molecular complexity index is 1100. The number of alkyl halides is 3. The van der Waals surface area contributed by atoms with E-state index in [4.69, 9.17) is 4.74 Å². The summed E-state index contributed by atoms with van der Waals surface area (Å²) in [6.07, 6.45) is -0.442. The standard InChI is InChI=1S/C22H18F3N3O2/c1-2-19(14-10-21(29)28-11-14)30-20-9-13(8-18-16(20)4-3-7-26-18)17-6-5-15(12-27-17)22(23,24)25/h2-9,12,14,19H,1,10-11H2,(H,28,29)/t14-,19-/m1/s1. The minimum atomic E-state index is -4.45. The van der Waals surface area contributed by atoms with Gasteiger partial charge in [0.25, 0.3) is 0 Å². The summed E-state index contributed by atoms with van der Waals surface area (Å²) in [5, 5.41) is 3.53. The molecule has 8 heteroatoms. The van der Waals surface area contributed by atoms with E-state index in [0.29, 0.717) is 35.5 Å². The van der Waals surface area contributed by atoms with Crippen molar-refractivity contribution in [2.45, 2.75) is 18.7 Å². The molecular weight excluding hydrogens is 395 g/mol. The molecule has 0 radical (unpaired) electrons. The van der Waals surface area contributed by atoms with E-state index < -0.39 is 17.8 Å². The molecule has 0 unspecified atom stereocenters. The van der Waals surface area contributed by atoms with Crippen LogP contribution in [0.25, 0.3) is 22.2 Å². The Morgan fingerprint density at radius 2 is 2.07 bits per heavy atom. The van der Waals surface area contributed by atoms with Gasteiger partial charge in [0.15, 0.2) is 0 Å². The predicted molar refractivity (Wildman–Crippen MR) is 106 cm³/mol. The zero-order valence-corrected chi connectivity index (χ0v) is 15.8. The quantitative estimate of drug-likeness (QED) is 0.631. The largest absolute Gasteiger partial charge is 0.485 e. The lowest BCUT2D eigenvalue weighted by Crippen LogP contribution is -2.26. The van der Waals surface area contributed by atoms with E-state index in [1.807, 2.05) is 6.07 Å². The fourth-order valence-corrected chi connectivity index (χ4v) is 3.47. The molecule has 30 heavy (non-hydrogen) atoms. The minimum absolute atomic E-state index is 0.0373. The van der Waals surface area contributed by atoms with Gasteiger partial charge in [0.05, 0.1) is 16.8 Å². The van der Waals surface area contributed by atoms with Crippen LogP contribution in [0, 0.1) is 5.92 Å². The summed E-state index contributed by atoms with van der Waals surface area (Å²) in [6.45, 7) is 4.31. The molecule has 154 valence electrons. The number of hydrogen-bond acceptors (Lipinski definition) is 4. The van der Waals surface area contributed by atoms with E-state index >= 15 is 0 Å². The topological polar surface area (TPSA) is 64.1 Å². The summed E-state index contributed by atoms with van der Waals surface area (Å²) in [5.74, 6) is 0.404. The molecule has 1 N–H and O–H groups in total. The number of halogens is 3. The lowest BCUT2D eigenvalue weighted by Gasteiger charge is -2.22. The highest BCUT2D eigenvalue weighted by Crippen LogP contribution is 2.34. The van der Waals surface area contributed by atoms with Crippen LogP contribution in [0.15, 0.2) is 61.4 Å². The van der Waals surface area contributed by atoms with Crippen molar-refractivity contribution in [3.63, 3.8) is 0 Å². The second-order valence-corrected chi connectivity index (χ2v) is 7.06. The molecule has 2 atom stereocenters. The number of nitrogens with one attached hydrogen (secondary N) is 1. The zero-order chi connectivity index (χ0) is 21.3. The Labute approximate surface area is 170 Å². The van der Waals surface area contributed by atoms with Crippen LogP contribution in [0.3, 0.4) is 0 Å². The average molecular weight is 413 g/mol. The van der Waals surface area contributed by atoms with Crippen molar-refractivity contribution in [1.82, 2.24) is 15.3 Å². The molecule has 0 bridgehead atoms. The van der Waals surface area contributed by atoms with Gasteiger partial charge in [-0.25, -0.2) is 0 Å². The first kappa shape index (κ1) is 19.9. The molecule has 1 fully saturated rings. The fraction of sp³-hybridized carbons (Fsp3) is 0.227. The van der Waals surface area contributed by atoms with Crippen molar-refractivity contribution in [2.75, 3.05) is 6.54 Å². The van der Waals surface area contributed by atoms with Gasteiger partial charge < -0.3 is 10.1 Å². The van der Waals surface area contributed by atoms with Crippen molar-refractivity contribution < 1.29 is 22.7 Å². The molecule has 1 saturated heterocycles. The van der Waals surface area contributed by atoms with Gasteiger partial charge in [-0.15, -0.1) is 0 Å². The monoisotopic (exact) mass is 413 g/mol. The van der Waals surface area contributed by atoms with Crippen molar-refractivity contribution in [3.8, 4) is 17.0 Å². The van der Waals surface area contributed by atoms with Gasteiger partial charge in [0, 0.05) is 42.2 Å². The Morgan fingerprint density at radius 3 is 2.70 bits per heavy atom. The van der Waals surface area contributed by atoms with Gasteiger partial charge in [0.1, 0.15) is 11.9 Å². The third-order valence-electron chi connectivity index (χ3n) is 5.04. The summed E-state index contributed by atoms with van der Waals surface area (Å²) in [7, 11) is 0. The highest BCUT2D eigenvalue weighted by Gasteiger charge is 2.31. The number of fused-ring (bicyclic) bond motifs is 1. The SMILES string of the molecule is C=C[C@@H](Oc1cc(-c2ccc(C(F)(F)F)cn2)cc2ncccc12)[C@H]1CNC(=O)C1. The van der Waals surface area contributed by atoms with Gasteiger partial charge >= 0.3 is 6.18 Å². The first-order chi connectivity index (χ1) is 14.3. The van der Waals surface area contributed by atoms with Crippen LogP contribution in [0.5, 0.6) is 5.75 Å². The fourth-order valence-electron chi connectivity index (χ4n) is 3.47. The van der Waals surface area contributed by atoms with E-state index in [2.05, 4.69) is 21.9 Å². The van der Waals surface area contributed by atoms with E-state index in [1.165, 1.54) is 6.07 Å². The van der Waals surface area contributed by atoms with E-state index in [1.54, 1.807) is 30.5 Å².